The van der Waals surface area contributed by atoms with Gasteiger partial charge < -0.3 is 14.2 Å². The largest absolute Gasteiger partial charge is 0.331 e. The van der Waals surface area contributed by atoms with Crippen molar-refractivity contribution in [2.45, 2.75) is 77.1 Å². The third kappa shape index (κ3) is 6.35. The maximum absolute atomic E-state index is 5.78. The molecule has 1 unspecified atom stereocenters. The van der Waals surface area contributed by atoms with Gasteiger partial charge in [-0.05, 0) is 52.8 Å². The minimum Gasteiger partial charge on any atom is -0.331 e. The summed E-state index contributed by atoms with van der Waals surface area (Å²) in [4.78, 5) is 0. The molecule has 3 heteroatoms. The van der Waals surface area contributed by atoms with E-state index in [9.17, 15) is 0 Å². The highest BCUT2D eigenvalue weighted by Crippen LogP contribution is 2.34. The molecular formula is C30H42O3. The van der Waals surface area contributed by atoms with E-state index in [4.69, 9.17) is 14.2 Å². The summed E-state index contributed by atoms with van der Waals surface area (Å²) in [6, 6.07) is 19.9. The van der Waals surface area contributed by atoms with E-state index in [1.807, 2.05) is 0 Å². The predicted octanol–water partition coefficient (Wildman–Crippen LogP) is 8.28. The lowest BCUT2D eigenvalue weighted by atomic mass is 9.89. The fraction of sp³-hybridized carbons (Fsp3) is 0.533. The molecule has 0 aliphatic rings. The van der Waals surface area contributed by atoms with Crippen LogP contribution in [0.4, 0.5) is 0 Å². The first-order valence-corrected chi connectivity index (χ1v) is 12.7. The van der Waals surface area contributed by atoms with Crippen molar-refractivity contribution in [3.63, 3.8) is 0 Å². The Morgan fingerprint density at radius 3 is 1.94 bits per heavy atom. The lowest BCUT2D eigenvalue weighted by molar-refractivity contribution is -0.380. The molecule has 3 nitrogen and oxygen atoms in total. The maximum atomic E-state index is 5.78. The van der Waals surface area contributed by atoms with Crippen LogP contribution in [0, 0.1) is 5.92 Å². The van der Waals surface area contributed by atoms with Crippen LogP contribution in [0.25, 0.3) is 21.5 Å². The third-order valence-electron chi connectivity index (χ3n) is 7.11. The van der Waals surface area contributed by atoms with Crippen LogP contribution in [0.3, 0.4) is 0 Å². The lowest BCUT2D eigenvalue weighted by Gasteiger charge is -2.36. The Balaban J connectivity index is 1.71. The summed E-state index contributed by atoms with van der Waals surface area (Å²) in [5.41, 5.74) is 1.42. The molecule has 3 aromatic carbocycles. The van der Waals surface area contributed by atoms with E-state index in [0.717, 1.165) is 25.7 Å². The second-order valence-corrected chi connectivity index (χ2v) is 9.16. The minimum absolute atomic E-state index is 0.204. The Bertz CT molecular complexity index is 968. The van der Waals surface area contributed by atoms with Gasteiger partial charge in [-0.25, -0.2) is 0 Å². The normalized spacial score (nSPS) is 13.1. The van der Waals surface area contributed by atoms with E-state index >= 15 is 0 Å². The summed E-state index contributed by atoms with van der Waals surface area (Å²) in [5.74, 6) is -0.759. The number of fused-ring (bicyclic) bond motifs is 3. The molecule has 33 heavy (non-hydrogen) atoms. The Kier molecular flexibility index (Phi) is 10.2. The molecule has 0 saturated heterocycles. The summed E-state index contributed by atoms with van der Waals surface area (Å²) < 4.78 is 17.3. The smallest absolute Gasteiger partial charge is 0.285 e. The van der Waals surface area contributed by atoms with Crippen LogP contribution in [-0.2, 0) is 20.6 Å². The molecule has 0 saturated carbocycles. The van der Waals surface area contributed by atoms with Gasteiger partial charge in [-0.3, -0.25) is 0 Å². The molecule has 0 amide bonds. The first kappa shape index (κ1) is 25.7. The van der Waals surface area contributed by atoms with Crippen molar-refractivity contribution in [1.82, 2.24) is 0 Å². The highest BCUT2D eigenvalue weighted by atomic mass is 16.9. The van der Waals surface area contributed by atoms with E-state index in [1.165, 1.54) is 65.6 Å². The Morgan fingerprint density at radius 2 is 1.24 bits per heavy atom. The van der Waals surface area contributed by atoms with E-state index in [1.54, 1.807) is 21.3 Å². The van der Waals surface area contributed by atoms with Crippen LogP contribution in [0.2, 0.25) is 0 Å². The number of ether oxygens (including phenoxy) is 3. The molecule has 0 aliphatic heterocycles. The first-order chi connectivity index (χ1) is 16.2. The van der Waals surface area contributed by atoms with Gasteiger partial charge in [-0.15, -0.1) is 0 Å². The van der Waals surface area contributed by atoms with Crippen molar-refractivity contribution in [1.29, 1.82) is 0 Å². The zero-order valence-electron chi connectivity index (χ0n) is 21.1. The van der Waals surface area contributed by atoms with Crippen LogP contribution in [0.15, 0.2) is 54.6 Å². The third-order valence-corrected chi connectivity index (χ3v) is 7.11. The van der Waals surface area contributed by atoms with Crippen LogP contribution in [0.1, 0.15) is 70.3 Å². The molecule has 0 aliphatic carbocycles. The first-order valence-electron chi connectivity index (χ1n) is 12.7. The number of benzene rings is 3. The van der Waals surface area contributed by atoms with Gasteiger partial charge in [0.15, 0.2) is 0 Å². The SMILES string of the molecule is CCCCCCCCC(CCCc1cc2ccccc2c2ccccc12)C(OC)(OC)OC. The van der Waals surface area contributed by atoms with Gasteiger partial charge in [-0.2, -0.15) is 0 Å². The van der Waals surface area contributed by atoms with Gasteiger partial charge in [0.1, 0.15) is 0 Å². The number of aryl methyl sites for hydroxylation is 1. The molecule has 0 radical (unpaired) electrons. The van der Waals surface area contributed by atoms with E-state index in [0.29, 0.717) is 0 Å². The standard InChI is InChI=1S/C30H42O3/c1-5-6-7-8-9-10-18-26(30(31-2,32-3)33-4)19-15-17-25-23-24-16-11-12-20-27(24)29-22-14-13-21-28(25)29/h11-14,16,20-23,26H,5-10,15,17-19H2,1-4H3. The van der Waals surface area contributed by atoms with Gasteiger partial charge in [-0.1, -0.05) is 100 Å². The lowest BCUT2D eigenvalue weighted by Crippen LogP contribution is -2.44. The van der Waals surface area contributed by atoms with Crippen molar-refractivity contribution in [3.05, 3.63) is 60.2 Å². The summed E-state index contributed by atoms with van der Waals surface area (Å²) in [6.07, 6.45) is 11.9. The van der Waals surface area contributed by atoms with Gasteiger partial charge in [0.25, 0.3) is 5.97 Å². The minimum atomic E-state index is -0.963. The Hall–Kier alpha value is -1.94. The second-order valence-electron chi connectivity index (χ2n) is 9.16. The maximum Gasteiger partial charge on any atom is 0.285 e. The fourth-order valence-corrected chi connectivity index (χ4v) is 5.30. The molecule has 0 spiro atoms. The van der Waals surface area contributed by atoms with Crippen LogP contribution < -0.4 is 0 Å². The topological polar surface area (TPSA) is 27.7 Å². The molecule has 180 valence electrons. The van der Waals surface area contributed by atoms with Crippen molar-refractivity contribution >= 4 is 21.5 Å². The van der Waals surface area contributed by atoms with E-state index in [2.05, 4.69) is 61.5 Å². The number of hydrogen-bond donors (Lipinski definition) is 0. The summed E-state index contributed by atoms with van der Waals surface area (Å²) >= 11 is 0. The molecule has 3 aromatic rings. The number of rotatable bonds is 15. The Morgan fingerprint density at radius 1 is 0.667 bits per heavy atom. The zero-order chi connectivity index (χ0) is 23.5. The number of methoxy groups -OCH3 is 3. The summed E-state index contributed by atoms with van der Waals surface area (Å²) in [5, 5.41) is 5.35. The molecule has 3 rings (SSSR count). The highest BCUT2D eigenvalue weighted by molar-refractivity contribution is 6.08. The quantitative estimate of drug-likeness (QED) is 0.132. The van der Waals surface area contributed by atoms with Gasteiger partial charge >= 0.3 is 0 Å². The van der Waals surface area contributed by atoms with Crippen molar-refractivity contribution in [2.75, 3.05) is 21.3 Å². The Labute approximate surface area is 200 Å². The van der Waals surface area contributed by atoms with Crippen molar-refractivity contribution in [3.8, 4) is 0 Å². The van der Waals surface area contributed by atoms with Gasteiger partial charge in [0.05, 0.1) is 0 Å². The van der Waals surface area contributed by atoms with Gasteiger partial charge in [0, 0.05) is 27.2 Å². The molecule has 0 heterocycles. The molecule has 0 fully saturated rings. The number of unbranched alkanes of at least 4 members (excludes halogenated alkanes) is 5. The molecule has 0 bridgehead atoms. The molecule has 0 N–H and O–H groups in total. The summed E-state index contributed by atoms with van der Waals surface area (Å²) in [6.45, 7) is 2.26. The molecule has 1 atom stereocenters. The fourth-order valence-electron chi connectivity index (χ4n) is 5.30. The zero-order valence-corrected chi connectivity index (χ0v) is 21.1. The molecular weight excluding hydrogens is 408 g/mol. The summed E-state index contributed by atoms with van der Waals surface area (Å²) in [7, 11) is 5.08. The van der Waals surface area contributed by atoms with Crippen LogP contribution in [0.5, 0.6) is 0 Å². The van der Waals surface area contributed by atoms with Crippen molar-refractivity contribution in [2.24, 2.45) is 5.92 Å². The predicted molar refractivity (Wildman–Crippen MR) is 140 cm³/mol. The molecule has 0 aromatic heterocycles. The van der Waals surface area contributed by atoms with Crippen LogP contribution in [-0.4, -0.2) is 27.3 Å². The average Bonchev–Trinajstić information content (AvgIpc) is 2.87. The van der Waals surface area contributed by atoms with Crippen LogP contribution >= 0.6 is 0 Å². The number of hydrogen-bond acceptors (Lipinski definition) is 3. The van der Waals surface area contributed by atoms with E-state index < -0.39 is 5.97 Å². The monoisotopic (exact) mass is 450 g/mol. The van der Waals surface area contributed by atoms with Gasteiger partial charge in [0.2, 0.25) is 0 Å². The van der Waals surface area contributed by atoms with E-state index in [-0.39, 0.29) is 5.92 Å². The highest BCUT2D eigenvalue weighted by Gasteiger charge is 2.39. The van der Waals surface area contributed by atoms with Crippen molar-refractivity contribution < 1.29 is 14.2 Å². The second kappa shape index (κ2) is 13.1. The average molecular weight is 451 g/mol.